The molecule has 0 spiro atoms. The molecule has 0 fully saturated rings. The lowest BCUT2D eigenvalue weighted by Gasteiger charge is -2.07. The molecule has 0 aliphatic heterocycles. The van der Waals surface area contributed by atoms with Crippen molar-refractivity contribution < 1.29 is 13.9 Å². The van der Waals surface area contributed by atoms with Crippen molar-refractivity contribution in [2.45, 2.75) is 38.5 Å². The Morgan fingerprint density at radius 2 is 1.82 bits per heavy atom. The van der Waals surface area contributed by atoms with Crippen LogP contribution in [-0.2, 0) is 11.4 Å². The number of thioether (sulfide) groups is 1. The zero-order valence-corrected chi connectivity index (χ0v) is 17.0. The Kier molecular flexibility index (Phi) is 6.71. The first-order valence-electron chi connectivity index (χ1n) is 9.04. The minimum absolute atomic E-state index is 0.130. The van der Waals surface area contributed by atoms with Crippen LogP contribution < -0.4 is 10.1 Å². The van der Waals surface area contributed by atoms with Crippen molar-refractivity contribution >= 4 is 23.4 Å². The van der Waals surface area contributed by atoms with E-state index in [-0.39, 0.29) is 18.3 Å². The average Bonchev–Trinajstić information content (AvgIpc) is 3.15. The molecule has 1 aromatic heterocycles. The summed E-state index contributed by atoms with van der Waals surface area (Å²) in [6.07, 6.45) is 0. The molecule has 1 N–H and O–H groups in total. The van der Waals surface area contributed by atoms with Gasteiger partial charge in [0, 0.05) is 5.69 Å². The van der Waals surface area contributed by atoms with Crippen LogP contribution in [-0.4, -0.2) is 21.9 Å². The van der Waals surface area contributed by atoms with Crippen molar-refractivity contribution in [1.29, 1.82) is 0 Å². The summed E-state index contributed by atoms with van der Waals surface area (Å²) < 4.78 is 11.2. The van der Waals surface area contributed by atoms with Gasteiger partial charge in [-0.05, 0) is 42.7 Å². The molecule has 0 radical (unpaired) electrons. The van der Waals surface area contributed by atoms with Crippen LogP contribution in [0.5, 0.6) is 5.75 Å². The van der Waals surface area contributed by atoms with E-state index >= 15 is 0 Å². The van der Waals surface area contributed by atoms with E-state index in [0.717, 1.165) is 17.0 Å². The Morgan fingerprint density at radius 1 is 1.11 bits per heavy atom. The number of carbonyl (C=O) groups is 1. The highest BCUT2D eigenvalue weighted by Gasteiger charge is 2.11. The van der Waals surface area contributed by atoms with Crippen LogP contribution in [0.25, 0.3) is 0 Å². The van der Waals surface area contributed by atoms with Crippen LogP contribution >= 0.6 is 11.8 Å². The highest BCUT2D eigenvalue weighted by molar-refractivity contribution is 7.99. The molecule has 6 nitrogen and oxygen atoms in total. The number of hydrogen-bond acceptors (Lipinski definition) is 6. The summed E-state index contributed by atoms with van der Waals surface area (Å²) in [5.41, 5.74) is 3.16. The lowest BCUT2D eigenvalue weighted by atomic mass is 10.0. The van der Waals surface area contributed by atoms with Crippen molar-refractivity contribution in [3.05, 3.63) is 65.5 Å². The third-order valence-corrected chi connectivity index (χ3v) is 4.84. The van der Waals surface area contributed by atoms with E-state index in [9.17, 15) is 4.79 Å². The van der Waals surface area contributed by atoms with Crippen molar-refractivity contribution in [3.63, 3.8) is 0 Å². The molecule has 2 aromatic carbocycles. The normalized spacial score (nSPS) is 10.9. The van der Waals surface area contributed by atoms with Crippen LogP contribution in [0.3, 0.4) is 0 Å². The molecular formula is C21H23N3O3S. The van der Waals surface area contributed by atoms with E-state index < -0.39 is 0 Å². The molecule has 7 heteroatoms. The van der Waals surface area contributed by atoms with Gasteiger partial charge in [0.2, 0.25) is 5.91 Å². The standard InChI is InChI=1S/C21H23N3O3S/c1-14(2)16-6-10-18(11-7-16)26-12-20-23-24-21(27-20)28-13-19(25)22-17-8-4-15(3)5-9-17/h4-11,14H,12-13H2,1-3H3,(H,22,25). The molecule has 146 valence electrons. The number of nitrogens with zero attached hydrogens (tertiary/aromatic N) is 2. The molecule has 3 rings (SSSR count). The Balaban J connectivity index is 1.44. The second-order valence-corrected chi connectivity index (χ2v) is 7.60. The average molecular weight is 398 g/mol. The molecule has 0 aliphatic rings. The van der Waals surface area contributed by atoms with E-state index in [1.54, 1.807) is 0 Å². The number of aromatic nitrogens is 2. The summed E-state index contributed by atoms with van der Waals surface area (Å²) in [6.45, 7) is 6.48. The van der Waals surface area contributed by atoms with Gasteiger partial charge in [0.25, 0.3) is 11.1 Å². The number of rotatable bonds is 8. The first-order chi connectivity index (χ1) is 13.5. The van der Waals surface area contributed by atoms with Crippen LogP contribution in [0.2, 0.25) is 0 Å². The van der Waals surface area contributed by atoms with Gasteiger partial charge < -0.3 is 14.5 Å². The molecule has 0 bridgehead atoms. The zero-order chi connectivity index (χ0) is 19.9. The lowest BCUT2D eigenvalue weighted by Crippen LogP contribution is -2.13. The van der Waals surface area contributed by atoms with Crippen LogP contribution in [0.1, 0.15) is 36.8 Å². The quantitative estimate of drug-likeness (QED) is 0.550. The third-order valence-electron chi connectivity index (χ3n) is 4.02. The van der Waals surface area contributed by atoms with Crippen LogP contribution in [0.4, 0.5) is 5.69 Å². The fraction of sp³-hybridized carbons (Fsp3) is 0.286. The van der Waals surface area contributed by atoms with E-state index in [4.69, 9.17) is 9.15 Å². The summed E-state index contributed by atoms with van der Waals surface area (Å²) in [5, 5.41) is 11.1. The second kappa shape index (κ2) is 9.41. The molecule has 0 aliphatic carbocycles. The van der Waals surface area contributed by atoms with Gasteiger partial charge in [0.15, 0.2) is 6.61 Å². The Labute approximate surface area is 168 Å². The topological polar surface area (TPSA) is 77.2 Å². The van der Waals surface area contributed by atoms with Gasteiger partial charge in [-0.25, -0.2) is 0 Å². The van der Waals surface area contributed by atoms with Gasteiger partial charge in [-0.2, -0.15) is 0 Å². The summed E-state index contributed by atoms with van der Waals surface area (Å²) in [7, 11) is 0. The SMILES string of the molecule is Cc1ccc(NC(=O)CSc2nnc(COc3ccc(C(C)C)cc3)o2)cc1. The largest absolute Gasteiger partial charge is 0.484 e. The number of nitrogens with one attached hydrogen (secondary N) is 1. The number of carbonyl (C=O) groups excluding carboxylic acids is 1. The van der Waals surface area contributed by atoms with Crippen LogP contribution in [0.15, 0.2) is 58.2 Å². The predicted molar refractivity (Wildman–Crippen MR) is 110 cm³/mol. The number of hydrogen-bond donors (Lipinski definition) is 1. The molecule has 0 atom stereocenters. The maximum Gasteiger partial charge on any atom is 0.277 e. The van der Waals surface area contributed by atoms with E-state index in [0.29, 0.717) is 17.0 Å². The Morgan fingerprint density at radius 3 is 2.50 bits per heavy atom. The van der Waals surface area contributed by atoms with Crippen molar-refractivity contribution in [3.8, 4) is 5.75 Å². The minimum atomic E-state index is -0.130. The number of aryl methyl sites for hydroxylation is 1. The molecule has 1 amide bonds. The summed E-state index contributed by atoms with van der Waals surface area (Å²) in [5.74, 6) is 1.65. The summed E-state index contributed by atoms with van der Waals surface area (Å²) >= 11 is 1.19. The van der Waals surface area contributed by atoms with Gasteiger partial charge in [-0.3, -0.25) is 4.79 Å². The molecule has 0 saturated carbocycles. The number of anilines is 1. The van der Waals surface area contributed by atoms with Gasteiger partial charge >= 0.3 is 0 Å². The molecule has 0 unspecified atom stereocenters. The van der Waals surface area contributed by atoms with Crippen LogP contribution in [0, 0.1) is 6.92 Å². The number of benzene rings is 2. The van der Waals surface area contributed by atoms with Crippen molar-refractivity contribution in [2.75, 3.05) is 11.1 Å². The van der Waals surface area contributed by atoms with E-state index in [1.165, 1.54) is 17.3 Å². The maximum absolute atomic E-state index is 12.0. The first-order valence-corrected chi connectivity index (χ1v) is 10.0. The minimum Gasteiger partial charge on any atom is -0.484 e. The third kappa shape index (κ3) is 5.85. The van der Waals surface area contributed by atoms with Crippen molar-refractivity contribution in [1.82, 2.24) is 10.2 Å². The fourth-order valence-electron chi connectivity index (χ4n) is 2.41. The van der Waals surface area contributed by atoms with Gasteiger partial charge in [-0.15, -0.1) is 10.2 Å². The van der Waals surface area contributed by atoms with Gasteiger partial charge in [0.05, 0.1) is 5.75 Å². The van der Waals surface area contributed by atoms with Gasteiger partial charge in [-0.1, -0.05) is 55.4 Å². The second-order valence-electron chi connectivity index (χ2n) is 6.68. The number of ether oxygens (including phenoxy) is 1. The summed E-state index contributed by atoms with van der Waals surface area (Å²) in [4.78, 5) is 12.0. The molecule has 0 saturated heterocycles. The zero-order valence-electron chi connectivity index (χ0n) is 16.1. The van der Waals surface area contributed by atoms with Gasteiger partial charge in [0.1, 0.15) is 5.75 Å². The fourth-order valence-corrected chi connectivity index (χ4v) is 2.99. The van der Waals surface area contributed by atoms with E-state index in [2.05, 4.69) is 29.4 Å². The highest BCUT2D eigenvalue weighted by atomic mass is 32.2. The van der Waals surface area contributed by atoms with Crippen molar-refractivity contribution in [2.24, 2.45) is 0 Å². The predicted octanol–water partition coefficient (Wildman–Crippen LogP) is 4.81. The maximum atomic E-state index is 12.0. The first kappa shape index (κ1) is 19.9. The summed E-state index contributed by atoms with van der Waals surface area (Å²) in [6, 6.07) is 15.6. The monoisotopic (exact) mass is 397 g/mol. The number of amides is 1. The molecule has 1 heterocycles. The smallest absolute Gasteiger partial charge is 0.277 e. The lowest BCUT2D eigenvalue weighted by molar-refractivity contribution is -0.113. The Bertz CT molecular complexity index is 905. The Hall–Kier alpha value is -2.80. The van der Waals surface area contributed by atoms with E-state index in [1.807, 2.05) is 55.5 Å². The molecule has 28 heavy (non-hydrogen) atoms. The molecular weight excluding hydrogens is 374 g/mol. The molecule has 3 aromatic rings. The highest BCUT2D eigenvalue weighted by Crippen LogP contribution is 2.21.